The zero-order valence-electron chi connectivity index (χ0n) is 10.8. The highest BCUT2D eigenvalue weighted by atomic mass is 35.5. The topological polar surface area (TPSA) is 38.9 Å². The van der Waals surface area contributed by atoms with E-state index in [1.165, 1.54) is 17.8 Å². The highest BCUT2D eigenvalue weighted by molar-refractivity contribution is 7.99. The quantitative estimate of drug-likeness (QED) is 0.403. The average molecular weight is 311 g/mol. The number of rotatable bonds is 4. The maximum atomic E-state index is 13.8. The maximum absolute atomic E-state index is 13.8. The molecule has 0 aliphatic rings. The lowest BCUT2D eigenvalue weighted by atomic mass is 10.1. The van der Waals surface area contributed by atoms with Crippen molar-refractivity contribution in [2.75, 3.05) is 11.6 Å². The number of alkyl halides is 1. The number of oxazole rings is 1. The molecule has 0 spiro atoms. The molecule has 0 fully saturated rings. The Hall–Kier alpha value is -1.33. The van der Waals surface area contributed by atoms with E-state index in [0.29, 0.717) is 38.8 Å². The van der Waals surface area contributed by atoms with Crippen LogP contribution in [0.4, 0.5) is 4.39 Å². The zero-order valence-corrected chi connectivity index (χ0v) is 12.4. The molecule has 6 heteroatoms. The summed E-state index contributed by atoms with van der Waals surface area (Å²) in [5, 5.41) is 1.23. The van der Waals surface area contributed by atoms with Gasteiger partial charge in [-0.1, -0.05) is 17.8 Å². The third kappa shape index (κ3) is 2.36. The number of hydrogen-bond acceptors (Lipinski definition) is 4. The predicted octanol–water partition coefficient (Wildman–Crippen LogP) is 4.54. The van der Waals surface area contributed by atoms with E-state index in [4.69, 9.17) is 16.0 Å². The summed E-state index contributed by atoms with van der Waals surface area (Å²) in [5.74, 6) is 1.11. The van der Waals surface area contributed by atoms with Gasteiger partial charge in [-0.2, -0.15) is 0 Å². The fourth-order valence-electron chi connectivity index (χ4n) is 2.04. The van der Waals surface area contributed by atoms with Crippen molar-refractivity contribution in [3.63, 3.8) is 0 Å². The largest absolute Gasteiger partial charge is 0.431 e. The van der Waals surface area contributed by atoms with Crippen molar-refractivity contribution in [2.24, 2.45) is 0 Å². The van der Waals surface area contributed by atoms with Gasteiger partial charge in [-0.25, -0.2) is 14.4 Å². The molecule has 1 aromatic carbocycles. The van der Waals surface area contributed by atoms with Gasteiger partial charge in [0, 0.05) is 17.0 Å². The van der Waals surface area contributed by atoms with Crippen molar-refractivity contribution in [1.29, 1.82) is 0 Å². The Morgan fingerprint density at radius 1 is 1.30 bits per heavy atom. The summed E-state index contributed by atoms with van der Waals surface area (Å²) >= 11 is 7.16. The van der Waals surface area contributed by atoms with E-state index in [9.17, 15) is 4.39 Å². The molecule has 0 saturated carbocycles. The molecule has 2 aromatic heterocycles. The van der Waals surface area contributed by atoms with Crippen molar-refractivity contribution >= 4 is 45.4 Å². The average Bonchev–Trinajstić information content (AvgIpc) is 2.86. The molecule has 2 heterocycles. The molecule has 0 unspecified atom stereocenters. The Morgan fingerprint density at radius 2 is 2.15 bits per heavy atom. The van der Waals surface area contributed by atoms with Gasteiger partial charge in [0.2, 0.25) is 0 Å². The maximum Gasteiger partial charge on any atom is 0.256 e. The van der Waals surface area contributed by atoms with Crippen molar-refractivity contribution in [3.05, 3.63) is 29.7 Å². The summed E-state index contributed by atoms with van der Waals surface area (Å²) in [5.41, 5.74) is 2.29. The van der Waals surface area contributed by atoms with Gasteiger partial charge in [0.25, 0.3) is 5.22 Å². The highest BCUT2D eigenvalue weighted by Crippen LogP contribution is 2.31. The first-order valence-corrected chi connectivity index (χ1v) is 7.77. The Balaban J connectivity index is 2.14. The molecule has 3 rings (SSSR count). The third-order valence-corrected chi connectivity index (χ3v) is 4.15. The van der Waals surface area contributed by atoms with E-state index in [0.717, 1.165) is 12.2 Å². The van der Waals surface area contributed by atoms with Crippen LogP contribution in [0.1, 0.15) is 12.1 Å². The molecule has 20 heavy (non-hydrogen) atoms. The van der Waals surface area contributed by atoms with Gasteiger partial charge in [-0.05, 0) is 25.5 Å². The molecule has 0 aliphatic carbocycles. The fourth-order valence-corrected chi connectivity index (χ4v) is 3.09. The van der Waals surface area contributed by atoms with Gasteiger partial charge >= 0.3 is 0 Å². The number of pyridine rings is 1. The molecule has 0 N–H and O–H groups in total. The second-order valence-corrected chi connectivity index (χ2v) is 5.81. The molecule has 0 atom stereocenters. The summed E-state index contributed by atoms with van der Waals surface area (Å²) in [6.07, 6.45) is 0.886. The van der Waals surface area contributed by atoms with E-state index in [1.54, 1.807) is 12.1 Å². The minimum Gasteiger partial charge on any atom is -0.431 e. The minimum absolute atomic E-state index is 0.325. The smallest absolute Gasteiger partial charge is 0.256 e. The fraction of sp³-hybridized carbons (Fsp3) is 0.286. The van der Waals surface area contributed by atoms with Gasteiger partial charge < -0.3 is 4.42 Å². The van der Waals surface area contributed by atoms with Crippen molar-refractivity contribution in [2.45, 2.75) is 18.6 Å². The lowest BCUT2D eigenvalue weighted by molar-refractivity contribution is 0.491. The van der Waals surface area contributed by atoms with Crippen LogP contribution in [0.25, 0.3) is 22.0 Å². The van der Waals surface area contributed by atoms with E-state index in [-0.39, 0.29) is 5.82 Å². The Labute approximate surface area is 124 Å². The standard InChI is InChI=1S/C14H12ClFN2OS/c1-8-11-13(19-14(18-11)20-7-3-6-15)9-4-2-5-10(16)12(9)17-8/h2,4-5H,3,6-7H2,1H3. The van der Waals surface area contributed by atoms with Crippen LogP contribution in [0.5, 0.6) is 0 Å². The summed E-state index contributed by atoms with van der Waals surface area (Å²) in [6, 6.07) is 4.84. The summed E-state index contributed by atoms with van der Waals surface area (Å²) in [7, 11) is 0. The molecular formula is C14H12ClFN2OS. The molecule has 0 bridgehead atoms. The number of halogens is 2. The van der Waals surface area contributed by atoms with Crippen molar-refractivity contribution in [1.82, 2.24) is 9.97 Å². The SMILES string of the molecule is Cc1nc2c(F)cccc2c2oc(SCCCCl)nc12. The van der Waals surface area contributed by atoms with Gasteiger partial charge in [-0.3, -0.25) is 0 Å². The number of para-hydroxylation sites is 1. The van der Waals surface area contributed by atoms with E-state index >= 15 is 0 Å². The van der Waals surface area contributed by atoms with E-state index in [1.807, 2.05) is 6.92 Å². The van der Waals surface area contributed by atoms with E-state index in [2.05, 4.69) is 9.97 Å². The van der Waals surface area contributed by atoms with Crippen LogP contribution in [-0.4, -0.2) is 21.6 Å². The zero-order chi connectivity index (χ0) is 14.1. The minimum atomic E-state index is -0.347. The van der Waals surface area contributed by atoms with Gasteiger partial charge in [0.15, 0.2) is 5.58 Å². The number of nitrogens with zero attached hydrogens (tertiary/aromatic N) is 2. The molecule has 0 aliphatic heterocycles. The monoisotopic (exact) mass is 310 g/mol. The molecule has 104 valence electrons. The number of thioether (sulfide) groups is 1. The summed E-state index contributed by atoms with van der Waals surface area (Å²) in [4.78, 5) is 8.72. The normalized spacial score (nSPS) is 11.6. The summed E-state index contributed by atoms with van der Waals surface area (Å²) in [6.45, 7) is 1.81. The molecule has 0 radical (unpaired) electrons. The van der Waals surface area contributed by atoms with Gasteiger partial charge in [0.05, 0.1) is 5.69 Å². The van der Waals surface area contributed by atoms with Crippen LogP contribution in [0, 0.1) is 12.7 Å². The lowest BCUT2D eigenvalue weighted by Gasteiger charge is -2.00. The van der Waals surface area contributed by atoms with Gasteiger partial charge in [0.1, 0.15) is 16.9 Å². The Kier molecular flexibility index (Phi) is 3.81. The second kappa shape index (κ2) is 5.58. The lowest BCUT2D eigenvalue weighted by Crippen LogP contribution is -1.89. The van der Waals surface area contributed by atoms with Crippen molar-refractivity contribution in [3.8, 4) is 0 Å². The van der Waals surface area contributed by atoms with Crippen LogP contribution >= 0.6 is 23.4 Å². The number of fused-ring (bicyclic) bond motifs is 3. The first-order valence-electron chi connectivity index (χ1n) is 6.25. The highest BCUT2D eigenvalue weighted by Gasteiger charge is 2.15. The number of aryl methyl sites for hydroxylation is 1. The van der Waals surface area contributed by atoms with Crippen LogP contribution in [0.15, 0.2) is 27.8 Å². The predicted molar refractivity (Wildman–Crippen MR) is 80.1 cm³/mol. The molecule has 0 amide bonds. The molecule has 3 nitrogen and oxygen atoms in total. The number of hydrogen-bond donors (Lipinski definition) is 0. The van der Waals surface area contributed by atoms with Gasteiger partial charge in [-0.15, -0.1) is 11.6 Å². The van der Waals surface area contributed by atoms with Crippen LogP contribution in [0.2, 0.25) is 0 Å². The Morgan fingerprint density at radius 3 is 2.95 bits per heavy atom. The van der Waals surface area contributed by atoms with Crippen LogP contribution < -0.4 is 0 Å². The number of aromatic nitrogens is 2. The van der Waals surface area contributed by atoms with E-state index < -0.39 is 0 Å². The first-order chi connectivity index (χ1) is 9.70. The molecule has 3 aromatic rings. The van der Waals surface area contributed by atoms with Crippen LogP contribution in [-0.2, 0) is 0 Å². The van der Waals surface area contributed by atoms with Crippen LogP contribution in [0.3, 0.4) is 0 Å². The summed E-state index contributed by atoms with van der Waals surface area (Å²) < 4.78 is 19.6. The van der Waals surface area contributed by atoms with Crippen molar-refractivity contribution < 1.29 is 8.81 Å². The third-order valence-electron chi connectivity index (χ3n) is 2.96. The number of benzene rings is 1. The second-order valence-electron chi connectivity index (χ2n) is 4.38. The first kappa shape index (κ1) is 13.6. The molecular weight excluding hydrogens is 299 g/mol. The Bertz CT molecular complexity index is 775. The molecule has 0 saturated heterocycles.